The van der Waals surface area contributed by atoms with Crippen LogP contribution in [0.1, 0.15) is 146 Å². The number of alkyl halides is 9. The van der Waals surface area contributed by atoms with Gasteiger partial charge >= 0.3 is 24.5 Å². The van der Waals surface area contributed by atoms with Crippen LogP contribution in [0.25, 0.3) is 0 Å². The minimum absolute atomic E-state index is 0.000756. The Morgan fingerprint density at radius 1 is 0.414 bits per heavy atom. The van der Waals surface area contributed by atoms with Crippen LogP contribution in [0, 0.1) is 23.7 Å². The van der Waals surface area contributed by atoms with Crippen molar-refractivity contribution in [3.05, 3.63) is 229 Å². The molecule has 4 unspecified atom stereocenters. The van der Waals surface area contributed by atoms with Crippen molar-refractivity contribution in [2.75, 3.05) is 85.3 Å². The number of benzene rings is 7. The number of amides is 2. The number of phenolic OH excluding ortho intramolecular Hbond substituents is 1. The molecule has 5 N–H and O–H groups in total. The van der Waals surface area contributed by atoms with E-state index in [9.17, 15) is 59.0 Å². The summed E-state index contributed by atoms with van der Waals surface area (Å²) >= 11 is 23.6. The molecule has 0 spiro atoms. The second kappa shape index (κ2) is 42.2. The molecule has 0 saturated carbocycles. The molecule has 26 heteroatoms. The van der Waals surface area contributed by atoms with Gasteiger partial charge in [0, 0.05) is 96.4 Å². The fraction of sp³-hybridized carbons (Fsp3) is 0.471. The zero-order valence-electron chi connectivity index (χ0n) is 63.9. The number of likely N-dealkylation sites (tertiary alicyclic amines) is 3. The molecule has 608 valence electrons. The number of ether oxygens (including phenoxy) is 2. The third-order valence-electron chi connectivity index (χ3n) is 20.2. The number of carbonyl (C=O) groups is 3. The van der Waals surface area contributed by atoms with E-state index in [2.05, 4.69) is 36.2 Å². The number of carbonyl (C=O) groups excluding carboxylic acids is 2. The number of piperidine rings is 4. The standard InChI is InChI=1S/C23H25ClF3NO2.C23H27ClF3NO.C16H22ClNO2.C10H11ClO2.C7H5F3O.C6H13NO/c1-22(2,17-5-9-19(24)10-6-17)21(29)28-13-3-4-16(14-28)15-30-20-11-7-18(8-12-20)23(25,26)27;1-22(2,18-5-9-20(24)10-6-18)16-28-13-3-4-17(14-28)15-29-21-11-7-19(8-12-21)23(25,26)27;1-16(2,13-5-7-14(17)8-6-13)15(20)18-9-3-4-12(10-18)11-19;1-10(2,9(12)13)7-3-5-8(11)6-4-7;8-7(9,10)5-1-3-6(11)4-2-5;8-5-6-2-1-3-7-4-6/h5-12,16H,3-4,13-15H2,1-2H3;5-12,17H,3-4,13-16H2,1-2H3;5-8,12,19H,3-4,9-11H2,1-2H3;3-6H,1-2H3,(H,12,13);1-4,11H;6-8H,1-5H2. The summed E-state index contributed by atoms with van der Waals surface area (Å²) < 4.78 is 123. The molecule has 7 aromatic carbocycles. The first kappa shape index (κ1) is 92.6. The lowest BCUT2D eigenvalue weighted by Gasteiger charge is -2.38. The van der Waals surface area contributed by atoms with Crippen molar-refractivity contribution in [3.63, 3.8) is 0 Å². The summed E-state index contributed by atoms with van der Waals surface area (Å²) in [5, 5.41) is 41.4. The molecule has 4 heterocycles. The van der Waals surface area contributed by atoms with Gasteiger partial charge in [-0.15, -0.1) is 0 Å². The second-order valence-corrected chi connectivity index (χ2v) is 32.4. The second-order valence-electron chi connectivity index (χ2n) is 30.6. The maximum absolute atomic E-state index is 13.2. The third-order valence-corrected chi connectivity index (χ3v) is 21.2. The van der Waals surface area contributed by atoms with Crippen LogP contribution in [0.5, 0.6) is 17.2 Å². The maximum atomic E-state index is 13.2. The first-order chi connectivity index (χ1) is 52.0. The zero-order chi connectivity index (χ0) is 82.1. The molecule has 0 aromatic heterocycles. The first-order valence-corrected chi connectivity index (χ1v) is 38.5. The molecular weight excluding hydrogens is 1530 g/mol. The summed E-state index contributed by atoms with van der Waals surface area (Å²) in [5.41, 5.74) is -0.330. The summed E-state index contributed by atoms with van der Waals surface area (Å²) in [4.78, 5) is 43.1. The van der Waals surface area contributed by atoms with Gasteiger partial charge in [0.1, 0.15) is 17.2 Å². The van der Waals surface area contributed by atoms with Crippen LogP contribution in [0.3, 0.4) is 0 Å². The predicted octanol–water partition coefficient (Wildman–Crippen LogP) is 20.3. The molecule has 7 aromatic rings. The molecule has 4 saturated heterocycles. The highest BCUT2D eigenvalue weighted by Crippen LogP contribution is 2.37. The van der Waals surface area contributed by atoms with Crippen LogP contribution in [-0.2, 0) is 54.6 Å². The van der Waals surface area contributed by atoms with Crippen LogP contribution in [0.4, 0.5) is 39.5 Å². The Balaban J connectivity index is 0.000000219. The average Bonchev–Trinajstić information content (AvgIpc) is 0.798. The van der Waals surface area contributed by atoms with Gasteiger partial charge in [0.2, 0.25) is 11.8 Å². The Morgan fingerprint density at radius 2 is 0.730 bits per heavy atom. The Hall–Kier alpha value is -7.28. The van der Waals surface area contributed by atoms with Gasteiger partial charge in [-0.3, -0.25) is 14.4 Å². The molecule has 111 heavy (non-hydrogen) atoms. The molecular formula is C85H103Cl4F9N4O9. The fourth-order valence-corrected chi connectivity index (χ4v) is 13.7. The Morgan fingerprint density at radius 3 is 1.07 bits per heavy atom. The topological polar surface area (TPSA) is 172 Å². The van der Waals surface area contributed by atoms with Crippen molar-refractivity contribution in [1.29, 1.82) is 0 Å². The van der Waals surface area contributed by atoms with E-state index in [4.69, 9.17) is 71.2 Å². The largest absolute Gasteiger partial charge is 0.508 e. The number of aliphatic hydroxyl groups is 2. The summed E-state index contributed by atoms with van der Waals surface area (Å²) in [6.07, 6.45) is -4.68. The highest BCUT2D eigenvalue weighted by molar-refractivity contribution is 6.31. The van der Waals surface area contributed by atoms with Crippen LogP contribution >= 0.6 is 46.4 Å². The number of aromatic hydroxyl groups is 1. The van der Waals surface area contributed by atoms with Gasteiger partial charge in [-0.05, 0) is 261 Å². The van der Waals surface area contributed by atoms with E-state index >= 15 is 0 Å². The number of carboxylic acid groups (broad SMARTS) is 1. The predicted molar refractivity (Wildman–Crippen MR) is 420 cm³/mol. The van der Waals surface area contributed by atoms with E-state index in [0.29, 0.717) is 77.9 Å². The molecule has 4 aliphatic rings. The summed E-state index contributed by atoms with van der Waals surface area (Å²) in [6, 6.07) is 42.9. The van der Waals surface area contributed by atoms with Crippen molar-refractivity contribution in [1.82, 2.24) is 20.0 Å². The molecule has 11 rings (SSSR count). The Bertz CT molecular complexity index is 3960. The number of phenols is 1. The van der Waals surface area contributed by atoms with E-state index in [0.717, 1.165) is 148 Å². The smallest absolute Gasteiger partial charge is 0.416 e. The number of halogens is 13. The molecule has 13 nitrogen and oxygen atoms in total. The van der Waals surface area contributed by atoms with Gasteiger partial charge in [0.15, 0.2) is 0 Å². The number of rotatable bonds is 17. The minimum Gasteiger partial charge on any atom is -0.508 e. The highest BCUT2D eigenvalue weighted by Gasteiger charge is 2.39. The van der Waals surface area contributed by atoms with E-state index in [1.54, 1.807) is 50.2 Å². The Kier molecular flexibility index (Phi) is 35.2. The number of carboxylic acids is 1. The van der Waals surface area contributed by atoms with Gasteiger partial charge in [-0.2, -0.15) is 39.5 Å². The molecule has 0 bridgehead atoms. The van der Waals surface area contributed by atoms with E-state index < -0.39 is 57.4 Å². The molecule has 0 aliphatic carbocycles. The number of nitrogens with one attached hydrogen (secondary N) is 1. The maximum Gasteiger partial charge on any atom is 0.416 e. The van der Waals surface area contributed by atoms with Crippen molar-refractivity contribution in [2.24, 2.45) is 23.7 Å². The van der Waals surface area contributed by atoms with Crippen LogP contribution in [0.2, 0.25) is 20.1 Å². The first-order valence-electron chi connectivity index (χ1n) is 37.0. The molecule has 4 atom stereocenters. The number of nitrogens with zero attached hydrogens (tertiary/aromatic N) is 3. The fourth-order valence-electron chi connectivity index (χ4n) is 13.2. The number of hydrogen-bond acceptors (Lipinski definition) is 10. The van der Waals surface area contributed by atoms with Crippen LogP contribution in [-0.4, -0.2) is 138 Å². The third kappa shape index (κ3) is 29.6. The van der Waals surface area contributed by atoms with Crippen LogP contribution in [0.15, 0.2) is 170 Å². The minimum atomic E-state index is -4.36. The van der Waals surface area contributed by atoms with E-state index in [1.807, 2.05) is 86.0 Å². The molecule has 2 amide bonds. The monoisotopic (exact) mass is 1630 g/mol. The average molecular weight is 1640 g/mol. The van der Waals surface area contributed by atoms with Crippen LogP contribution < -0.4 is 14.8 Å². The number of aliphatic hydroxyl groups excluding tert-OH is 2. The van der Waals surface area contributed by atoms with Gasteiger partial charge in [0.25, 0.3) is 0 Å². The normalized spacial score (nSPS) is 17.9. The van der Waals surface area contributed by atoms with Gasteiger partial charge in [-0.1, -0.05) is 109 Å². The molecule has 4 fully saturated rings. The van der Waals surface area contributed by atoms with Gasteiger partial charge < -0.3 is 49.9 Å². The number of aliphatic carboxylic acids is 1. The summed E-state index contributed by atoms with van der Waals surface area (Å²) in [7, 11) is 0. The van der Waals surface area contributed by atoms with E-state index in [-0.39, 0.29) is 41.4 Å². The van der Waals surface area contributed by atoms with Gasteiger partial charge in [0.05, 0.1) is 46.1 Å². The van der Waals surface area contributed by atoms with Gasteiger partial charge in [-0.25, -0.2) is 0 Å². The summed E-state index contributed by atoms with van der Waals surface area (Å²) in [5.74, 6) is 1.29. The number of hydrogen-bond donors (Lipinski definition) is 5. The lowest BCUT2D eigenvalue weighted by Crippen LogP contribution is -2.48. The SMILES string of the molecule is CC(C)(C(=O)N1CCCC(CO)C1)c1ccc(Cl)cc1.CC(C)(C(=O)N1CCCC(COc2ccc(C(F)(F)F)cc2)C1)c1ccc(Cl)cc1.CC(C)(C(=O)O)c1ccc(Cl)cc1.CC(C)(CN1CCCC(COc2ccc(C(F)(F)F)cc2)C1)c1ccc(Cl)cc1.OCC1CCCNC1.Oc1ccc(C(F)(F)F)cc1. The van der Waals surface area contributed by atoms with Crippen molar-refractivity contribution in [2.45, 2.75) is 147 Å². The summed E-state index contributed by atoms with van der Waals surface area (Å²) in [6.45, 7) is 24.6. The quantitative estimate of drug-likeness (QED) is 0.0550. The van der Waals surface area contributed by atoms with Crippen molar-refractivity contribution < 1.29 is 83.8 Å². The molecule has 4 aliphatic heterocycles. The van der Waals surface area contributed by atoms with Crippen molar-refractivity contribution in [3.8, 4) is 17.2 Å². The zero-order valence-corrected chi connectivity index (χ0v) is 66.9. The Labute approximate surface area is 666 Å². The van der Waals surface area contributed by atoms with Crippen molar-refractivity contribution >= 4 is 64.2 Å². The lowest BCUT2D eigenvalue weighted by molar-refractivity contribution is -0.142. The molecule has 0 radical (unpaired) electrons. The lowest BCUT2D eigenvalue weighted by atomic mass is 9.82. The van der Waals surface area contributed by atoms with E-state index in [1.165, 1.54) is 42.7 Å². The highest BCUT2D eigenvalue weighted by atomic mass is 35.5.